The van der Waals surface area contributed by atoms with E-state index in [-0.39, 0.29) is 12.2 Å². The van der Waals surface area contributed by atoms with Gasteiger partial charge in [0.15, 0.2) is 4.80 Å². The number of fused-ring (bicyclic) bond motifs is 1. The van der Waals surface area contributed by atoms with Crippen molar-refractivity contribution in [1.82, 2.24) is 4.57 Å². The molecule has 6 nitrogen and oxygen atoms in total. The van der Waals surface area contributed by atoms with Gasteiger partial charge in [0.2, 0.25) is 0 Å². The van der Waals surface area contributed by atoms with Gasteiger partial charge in [0.1, 0.15) is 0 Å². The molecule has 0 amide bonds. The summed E-state index contributed by atoms with van der Waals surface area (Å²) in [6, 6.07) is 25.1. The highest BCUT2D eigenvalue weighted by atomic mass is 32.2. The van der Waals surface area contributed by atoms with Gasteiger partial charge in [0, 0.05) is 29.2 Å². The number of nitrogens with zero attached hydrogens (tertiary/aromatic N) is 3. The van der Waals surface area contributed by atoms with E-state index in [2.05, 4.69) is 30.9 Å². The van der Waals surface area contributed by atoms with Crippen LogP contribution in [0, 0.1) is 0 Å². The summed E-state index contributed by atoms with van der Waals surface area (Å²) in [7, 11) is 0. The number of anilines is 1. The third-order valence-electron chi connectivity index (χ3n) is 7.12. The van der Waals surface area contributed by atoms with E-state index in [0.29, 0.717) is 20.6 Å². The maximum atomic E-state index is 14.1. The lowest BCUT2D eigenvalue weighted by molar-refractivity contribution is -0.138. The molecule has 0 radical (unpaired) electrons. The van der Waals surface area contributed by atoms with Crippen molar-refractivity contribution in [3.8, 4) is 0 Å². The topological polar surface area (TPSA) is 63.9 Å². The van der Waals surface area contributed by atoms with E-state index in [1.165, 1.54) is 11.3 Å². The van der Waals surface area contributed by atoms with Gasteiger partial charge in [0.05, 0.1) is 28.5 Å². The molecule has 0 unspecified atom stereocenters. The van der Waals surface area contributed by atoms with Crippen molar-refractivity contribution >= 4 is 46.5 Å². The Bertz CT molecular complexity index is 1730. The summed E-state index contributed by atoms with van der Waals surface area (Å²) in [6.45, 7) is 8.13. The Morgan fingerprint density at radius 3 is 2.29 bits per heavy atom. The first kappa shape index (κ1) is 28.6. The zero-order chi connectivity index (χ0) is 28.9. The number of thiazole rings is 1. The Hall–Kier alpha value is -3.88. The van der Waals surface area contributed by atoms with Gasteiger partial charge in [0.25, 0.3) is 5.56 Å². The van der Waals surface area contributed by atoms with Gasteiger partial charge in [-0.2, -0.15) is 0 Å². The van der Waals surface area contributed by atoms with Crippen LogP contribution in [0.5, 0.6) is 0 Å². The molecule has 210 valence electrons. The third kappa shape index (κ3) is 5.80. The number of benzene rings is 3. The summed E-state index contributed by atoms with van der Waals surface area (Å²) < 4.78 is 7.76. The van der Waals surface area contributed by atoms with Gasteiger partial charge in [-0.1, -0.05) is 65.9 Å². The predicted molar refractivity (Wildman–Crippen MR) is 169 cm³/mol. The zero-order valence-electron chi connectivity index (χ0n) is 23.7. The van der Waals surface area contributed by atoms with Crippen molar-refractivity contribution < 1.29 is 9.53 Å². The Labute approximate surface area is 248 Å². The lowest BCUT2D eigenvalue weighted by Crippen LogP contribution is -2.40. The molecule has 0 bridgehead atoms. The highest BCUT2D eigenvalue weighted by Crippen LogP contribution is 2.35. The van der Waals surface area contributed by atoms with Crippen molar-refractivity contribution in [1.29, 1.82) is 0 Å². The van der Waals surface area contributed by atoms with Crippen LogP contribution in [0.15, 0.2) is 99.1 Å². The Kier molecular flexibility index (Phi) is 8.90. The fraction of sp³-hybridized carbons (Fsp3) is 0.242. The van der Waals surface area contributed by atoms with E-state index in [1.807, 2.05) is 79.1 Å². The van der Waals surface area contributed by atoms with Crippen LogP contribution in [0.4, 0.5) is 5.69 Å². The first-order valence-electron chi connectivity index (χ1n) is 13.8. The molecule has 4 aromatic rings. The molecule has 0 aliphatic carbocycles. The van der Waals surface area contributed by atoms with Crippen molar-refractivity contribution in [3.63, 3.8) is 0 Å². The van der Waals surface area contributed by atoms with Gasteiger partial charge < -0.3 is 9.64 Å². The average molecular weight is 584 g/mol. The summed E-state index contributed by atoms with van der Waals surface area (Å²) in [5.74, 6) is -0.477. The predicted octanol–water partition coefficient (Wildman–Crippen LogP) is 5.50. The zero-order valence-corrected chi connectivity index (χ0v) is 25.3. The second-order valence-corrected chi connectivity index (χ2v) is 11.4. The number of hydrogen-bond donors (Lipinski definition) is 0. The van der Waals surface area contributed by atoms with Crippen molar-refractivity contribution in [2.24, 2.45) is 4.99 Å². The average Bonchev–Trinajstić information content (AvgIpc) is 3.32. The van der Waals surface area contributed by atoms with Gasteiger partial charge in [-0.3, -0.25) is 9.36 Å². The van der Waals surface area contributed by atoms with E-state index >= 15 is 0 Å². The van der Waals surface area contributed by atoms with E-state index in [1.54, 1.807) is 23.3 Å². The largest absolute Gasteiger partial charge is 0.463 e. The molecule has 1 aliphatic heterocycles. The number of thioether (sulfide) groups is 1. The molecule has 0 saturated heterocycles. The van der Waals surface area contributed by atoms with Gasteiger partial charge >= 0.3 is 5.97 Å². The number of hydrogen-bond acceptors (Lipinski definition) is 7. The van der Waals surface area contributed by atoms with Crippen LogP contribution in [0.25, 0.3) is 11.8 Å². The second-order valence-electron chi connectivity index (χ2n) is 9.47. The number of aromatic nitrogens is 1. The van der Waals surface area contributed by atoms with E-state index in [9.17, 15) is 9.59 Å². The molecule has 2 heterocycles. The molecule has 1 atom stereocenters. The number of esters is 1. The molecule has 0 saturated carbocycles. The summed E-state index contributed by atoms with van der Waals surface area (Å²) in [5, 5.41) is 0. The summed E-state index contributed by atoms with van der Waals surface area (Å²) >= 11 is 2.98. The number of carbonyl (C=O) groups excluding carboxylic acids is 1. The molecule has 5 rings (SSSR count). The van der Waals surface area contributed by atoms with E-state index < -0.39 is 12.0 Å². The molecule has 3 aromatic carbocycles. The van der Waals surface area contributed by atoms with Crippen molar-refractivity contribution in [2.45, 2.75) is 31.7 Å². The van der Waals surface area contributed by atoms with Crippen LogP contribution in [0.3, 0.4) is 0 Å². The minimum absolute atomic E-state index is 0.186. The highest BCUT2D eigenvalue weighted by molar-refractivity contribution is 7.98. The Morgan fingerprint density at radius 1 is 1.00 bits per heavy atom. The first-order valence-corrected chi connectivity index (χ1v) is 15.8. The van der Waals surface area contributed by atoms with Gasteiger partial charge in [-0.05, 0) is 68.5 Å². The maximum Gasteiger partial charge on any atom is 0.338 e. The van der Waals surface area contributed by atoms with E-state index in [0.717, 1.165) is 40.4 Å². The third-order valence-corrected chi connectivity index (χ3v) is 8.85. The molecule has 8 heteroatoms. The molecular weight excluding hydrogens is 551 g/mol. The normalized spacial score (nSPS) is 14.9. The number of ether oxygens (including phenoxy) is 1. The molecule has 1 aliphatic rings. The Balaban J connectivity index is 1.73. The SMILES string of the molecule is CCOC(=O)C1=C(c2ccccc2)N=c2s/c(=C\c3ccc(N(CC)CC)cc3)c(=O)n2[C@@H]1c1ccc(SC)cc1. The van der Waals surface area contributed by atoms with Crippen molar-refractivity contribution in [2.75, 3.05) is 30.9 Å². The van der Waals surface area contributed by atoms with Crippen LogP contribution < -0.4 is 19.8 Å². The lowest BCUT2D eigenvalue weighted by Gasteiger charge is -2.26. The molecule has 1 aromatic heterocycles. The van der Waals surface area contributed by atoms with Gasteiger partial charge in [-0.15, -0.1) is 11.8 Å². The standard InChI is InChI=1S/C33H33N3O3S2/c1-5-35(6-2)25-17-13-22(14-18-25)21-27-31(37)36-30(24-15-19-26(40-4)20-16-24)28(32(38)39-7-3)29(34-33(36)41-27)23-11-9-8-10-12-23/h8-21,30H,5-7H2,1-4H3/b27-21-/t30-/m1/s1. The summed E-state index contributed by atoms with van der Waals surface area (Å²) in [4.78, 5) is 36.5. The molecular formula is C33H33N3O3S2. The second kappa shape index (κ2) is 12.7. The molecule has 41 heavy (non-hydrogen) atoms. The lowest BCUT2D eigenvalue weighted by atomic mass is 9.93. The van der Waals surface area contributed by atoms with Crippen LogP contribution in [-0.4, -0.2) is 36.5 Å². The van der Waals surface area contributed by atoms with E-state index in [4.69, 9.17) is 9.73 Å². The fourth-order valence-corrected chi connectivity index (χ4v) is 6.47. The van der Waals surface area contributed by atoms with Crippen LogP contribution in [0.2, 0.25) is 0 Å². The summed E-state index contributed by atoms with van der Waals surface area (Å²) in [6.07, 6.45) is 3.92. The highest BCUT2D eigenvalue weighted by Gasteiger charge is 2.35. The quantitative estimate of drug-likeness (QED) is 0.192. The smallest absolute Gasteiger partial charge is 0.338 e. The minimum atomic E-state index is -0.677. The first-order chi connectivity index (χ1) is 20.0. The monoisotopic (exact) mass is 583 g/mol. The fourth-order valence-electron chi connectivity index (χ4n) is 5.06. The molecule has 0 N–H and O–H groups in total. The maximum absolute atomic E-state index is 14.1. The number of rotatable bonds is 9. The molecule has 0 spiro atoms. The van der Waals surface area contributed by atoms with Crippen LogP contribution >= 0.6 is 23.1 Å². The Morgan fingerprint density at radius 2 is 1.68 bits per heavy atom. The minimum Gasteiger partial charge on any atom is -0.463 e. The van der Waals surface area contributed by atoms with Gasteiger partial charge in [-0.25, -0.2) is 9.79 Å². The van der Waals surface area contributed by atoms with Crippen LogP contribution in [-0.2, 0) is 9.53 Å². The number of carbonyl (C=O) groups is 1. The molecule has 0 fully saturated rings. The van der Waals surface area contributed by atoms with Crippen molar-refractivity contribution in [3.05, 3.63) is 121 Å². The van der Waals surface area contributed by atoms with Crippen LogP contribution in [0.1, 0.15) is 43.5 Å². The summed E-state index contributed by atoms with van der Waals surface area (Å²) in [5.41, 5.74) is 4.40.